The first-order valence-corrected chi connectivity index (χ1v) is 9.23. The number of fused-ring (bicyclic) bond motifs is 1. The summed E-state index contributed by atoms with van der Waals surface area (Å²) in [6, 6.07) is 8.91. The van der Waals surface area contributed by atoms with E-state index in [4.69, 9.17) is 4.74 Å². The highest BCUT2D eigenvalue weighted by Crippen LogP contribution is 2.16. The molecule has 6 heteroatoms. The van der Waals surface area contributed by atoms with Gasteiger partial charge in [-0.3, -0.25) is 9.59 Å². The maximum Gasteiger partial charge on any atom is 0.239 e. The number of hydrogen-bond donors (Lipinski definition) is 1. The molecule has 2 heterocycles. The van der Waals surface area contributed by atoms with Crippen molar-refractivity contribution in [2.24, 2.45) is 5.92 Å². The van der Waals surface area contributed by atoms with Crippen LogP contribution in [0.15, 0.2) is 41.3 Å². The van der Waals surface area contributed by atoms with E-state index in [2.05, 4.69) is 10.2 Å². The number of carbonyl (C=O) groups excluding carboxylic acids is 1. The standard InChI is InChI=1S/C20H27N3O3/c1-26-13-12-22-9-6-16(7-10-22)14-21-20(25)15-23-11-8-19(24)17-4-2-3-5-18(17)23/h2-5,8,11,16H,6-7,9-10,12-15H2,1H3,(H,21,25). The van der Waals surface area contributed by atoms with Crippen LogP contribution in [0.1, 0.15) is 12.8 Å². The molecule has 0 bridgehead atoms. The average molecular weight is 357 g/mol. The Labute approximate surface area is 153 Å². The summed E-state index contributed by atoms with van der Waals surface area (Å²) in [5.41, 5.74) is 0.777. The van der Waals surface area contributed by atoms with E-state index in [1.165, 1.54) is 6.07 Å². The fraction of sp³-hybridized carbons (Fsp3) is 0.500. The van der Waals surface area contributed by atoms with E-state index >= 15 is 0 Å². The average Bonchev–Trinajstić information content (AvgIpc) is 2.68. The van der Waals surface area contributed by atoms with Crippen LogP contribution in [0.2, 0.25) is 0 Å². The number of rotatable bonds is 7. The molecule has 0 radical (unpaired) electrons. The Morgan fingerprint density at radius 3 is 2.77 bits per heavy atom. The molecule has 1 aliphatic heterocycles. The Morgan fingerprint density at radius 2 is 2.00 bits per heavy atom. The molecule has 26 heavy (non-hydrogen) atoms. The van der Waals surface area contributed by atoms with Crippen LogP contribution in [-0.2, 0) is 16.1 Å². The van der Waals surface area contributed by atoms with Crippen molar-refractivity contribution >= 4 is 16.8 Å². The van der Waals surface area contributed by atoms with E-state index in [1.54, 1.807) is 19.4 Å². The number of aromatic nitrogens is 1. The van der Waals surface area contributed by atoms with Crippen LogP contribution in [0.5, 0.6) is 0 Å². The first-order valence-electron chi connectivity index (χ1n) is 9.23. The first kappa shape index (κ1) is 18.6. The normalized spacial score (nSPS) is 16.0. The second-order valence-corrected chi connectivity index (χ2v) is 6.91. The summed E-state index contributed by atoms with van der Waals surface area (Å²) >= 11 is 0. The van der Waals surface area contributed by atoms with Gasteiger partial charge in [-0.05, 0) is 44.0 Å². The van der Waals surface area contributed by atoms with Crippen molar-refractivity contribution in [3.05, 3.63) is 46.8 Å². The monoisotopic (exact) mass is 357 g/mol. The lowest BCUT2D eigenvalue weighted by Crippen LogP contribution is -2.40. The SMILES string of the molecule is COCCN1CCC(CNC(=O)Cn2ccc(=O)c3ccccc32)CC1. The number of methoxy groups -OCH3 is 1. The molecular formula is C20H27N3O3. The number of ether oxygens (including phenoxy) is 1. The number of pyridine rings is 1. The van der Waals surface area contributed by atoms with Crippen molar-refractivity contribution in [2.45, 2.75) is 19.4 Å². The lowest BCUT2D eigenvalue weighted by molar-refractivity contribution is -0.121. The minimum Gasteiger partial charge on any atom is -0.383 e. The highest BCUT2D eigenvalue weighted by Gasteiger charge is 2.19. The zero-order chi connectivity index (χ0) is 18.4. The van der Waals surface area contributed by atoms with E-state index in [1.807, 2.05) is 22.8 Å². The number of nitrogens with zero attached hydrogens (tertiary/aromatic N) is 2. The van der Waals surface area contributed by atoms with Crippen molar-refractivity contribution < 1.29 is 9.53 Å². The molecule has 2 aromatic rings. The van der Waals surface area contributed by atoms with Crippen molar-refractivity contribution in [1.82, 2.24) is 14.8 Å². The lowest BCUT2D eigenvalue weighted by Gasteiger charge is -2.31. The molecule has 1 aromatic carbocycles. The molecule has 0 atom stereocenters. The largest absolute Gasteiger partial charge is 0.383 e. The zero-order valence-electron chi connectivity index (χ0n) is 15.3. The Balaban J connectivity index is 1.50. The first-order chi connectivity index (χ1) is 12.7. The number of piperidine rings is 1. The Kier molecular flexibility index (Phi) is 6.41. The van der Waals surface area contributed by atoms with Crippen LogP contribution in [0.25, 0.3) is 10.9 Å². The number of benzene rings is 1. The van der Waals surface area contributed by atoms with E-state index in [0.29, 0.717) is 11.3 Å². The van der Waals surface area contributed by atoms with Crippen LogP contribution in [0.3, 0.4) is 0 Å². The van der Waals surface area contributed by atoms with Gasteiger partial charge in [-0.1, -0.05) is 12.1 Å². The Bertz CT molecular complexity index is 794. The fourth-order valence-corrected chi connectivity index (χ4v) is 3.50. The molecule has 1 N–H and O–H groups in total. The van der Waals surface area contributed by atoms with Gasteiger partial charge in [0.05, 0.1) is 12.1 Å². The molecule has 0 spiro atoms. The van der Waals surface area contributed by atoms with Gasteiger partial charge in [0.2, 0.25) is 5.91 Å². The molecule has 3 rings (SSSR count). The summed E-state index contributed by atoms with van der Waals surface area (Å²) in [6.07, 6.45) is 3.90. The second-order valence-electron chi connectivity index (χ2n) is 6.91. The van der Waals surface area contributed by atoms with Gasteiger partial charge < -0.3 is 19.5 Å². The van der Waals surface area contributed by atoms with Crippen molar-refractivity contribution in [3.63, 3.8) is 0 Å². The fourth-order valence-electron chi connectivity index (χ4n) is 3.50. The predicted molar refractivity (Wildman–Crippen MR) is 102 cm³/mol. The lowest BCUT2D eigenvalue weighted by atomic mass is 9.97. The Hall–Kier alpha value is -2.18. The quantitative estimate of drug-likeness (QED) is 0.815. The molecule has 0 saturated carbocycles. The van der Waals surface area contributed by atoms with E-state index < -0.39 is 0 Å². The predicted octanol–water partition coefficient (Wildman–Crippen LogP) is 1.48. The second kappa shape index (κ2) is 8.96. The number of nitrogens with one attached hydrogen (secondary N) is 1. The minimum atomic E-state index is -0.0162. The molecule has 0 unspecified atom stereocenters. The molecule has 1 aromatic heterocycles. The summed E-state index contributed by atoms with van der Waals surface area (Å²) in [6.45, 7) is 4.83. The summed E-state index contributed by atoms with van der Waals surface area (Å²) in [5.74, 6) is 0.518. The molecular weight excluding hydrogens is 330 g/mol. The van der Waals surface area contributed by atoms with Gasteiger partial charge in [0.25, 0.3) is 0 Å². The van der Waals surface area contributed by atoms with Crippen LogP contribution in [0.4, 0.5) is 0 Å². The summed E-state index contributed by atoms with van der Waals surface area (Å²) in [4.78, 5) is 26.7. The minimum absolute atomic E-state index is 0.0133. The maximum atomic E-state index is 12.4. The van der Waals surface area contributed by atoms with Gasteiger partial charge in [0.15, 0.2) is 5.43 Å². The highest BCUT2D eigenvalue weighted by molar-refractivity contribution is 5.82. The third kappa shape index (κ3) is 4.71. The van der Waals surface area contributed by atoms with Gasteiger partial charge >= 0.3 is 0 Å². The molecule has 0 aliphatic carbocycles. The maximum absolute atomic E-state index is 12.4. The molecule has 1 fully saturated rings. The number of para-hydroxylation sites is 1. The van der Waals surface area contributed by atoms with Crippen molar-refractivity contribution in [3.8, 4) is 0 Å². The van der Waals surface area contributed by atoms with Gasteiger partial charge in [-0.2, -0.15) is 0 Å². The molecule has 1 amide bonds. The van der Waals surface area contributed by atoms with Crippen LogP contribution < -0.4 is 10.7 Å². The van der Waals surface area contributed by atoms with Gasteiger partial charge in [0, 0.05) is 37.8 Å². The summed E-state index contributed by atoms with van der Waals surface area (Å²) in [7, 11) is 1.73. The van der Waals surface area contributed by atoms with E-state index in [-0.39, 0.29) is 17.9 Å². The third-order valence-electron chi connectivity index (χ3n) is 5.11. The summed E-state index contributed by atoms with van der Waals surface area (Å²) in [5, 5.41) is 3.70. The smallest absolute Gasteiger partial charge is 0.239 e. The van der Waals surface area contributed by atoms with Crippen molar-refractivity contribution in [1.29, 1.82) is 0 Å². The van der Waals surface area contributed by atoms with Gasteiger partial charge in [-0.25, -0.2) is 0 Å². The van der Waals surface area contributed by atoms with Crippen LogP contribution >= 0.6 is 0 Å². The Morgan fingerprint density at radius 1 is 1.23 bits per heavy atom. The molecule has 1 saturated heterocycles. The highest BCUT2D eigenvalue weighted by atomic mass is 16.5. The number of carbonyl (C=O) groups is 1. The van der Waals surface area contributed by atoms with Crippen molar-refractivity contribution in [2.75, 3.05) is 39.9 Å². The van der Waals surface area contributed by atoms with Crippen LogP contribution in [0, 0.1) is 5.92 Å². The third-order valence-corrected chi connectivity index (χ3v) is 5.11. The van der Waals surface area contributed by atoms with Gasteiger partial charge in [-0.15, -0.1) is 0 Å². The van der Waals surface area contributed by atoms with Crippen LogP contribution in [-0.4, -0.2) is 55.3 Å². The molecule has 140 valence electrons. The number of amides is 1. The van der Waals surface area contributed by atoms with E-state index in [0.717, 1.165) is 51.1 Å². The van der Waals surface area contributed by atoms with Gasteiger partial charge in [0.1, 0.15) is 6.54 Å². The summed E-state index contributed by atoms with van der Waals surface area (Å²) < 4.78 is 6.96. The molecule has 1 aliphatic rings. The number of hydrogen-bond acceptors (Lipinski definition) is 4. The zero-order valence-corrected chi connectivity index (χ0v) is 15.3. The topological polar surface area (TPSA) is 63.6 Å². The number of likely N-dealkylation sites (tertiary alicyclic amines) is 1. The molecule has 6 nitrogen and oxygen atoms in total. The van der Waals surface area contributed by atoms with E-state index in [9.17, 15) is 9.59 Å².